The minimum absolute atomic E-state index is 0.104. The number of nitrogens with zero attached hydrogens (tertiary/aromatic N) is 1. The lowest BCUT2D eigenvalue weighted by Gasteiger charge is -2.19. The van der Waals surface area contributed by atoms with E-state index >= 15 is 0 Å². The normalized spacial score (nSPS) is 15.7. The molecule has 1 aliphatic rings. The molecule has 0 unspecified atom stereocenters. The molecule has 1 heterocycles. The van der Waals surface area contributed by atoms with Crippen molar-refractivity contribution in [2.45, 2.75) is 39.7 Å². The summed E-state index contributed by atoms with van der Waals surface area (Å²) in [6.45, 7) is 7.09. The number of rotatable bonds is 2. The molecule has 0 saturated heterocycles. The lowest BCUT2D eigenvalue weighted by Crippen LogP contribution is -2.28. The number of hydrogen-bond acceptors (Lipinski definition) is 5. The summed E-state index contributed by atoms with van der Waals surface area (Å²) < 4.78 is 9.89. The van der Waals surface area contributed by atoms with Crippen LogP contribution in [0.1, 0.15) is 34.1 Å². The van der Waals surface area contributed by atoms with Gasteiger partial charge in [-0.15, -0.1) is 0 Å². The van der Waals surface area contributed by atoms with Gasteiger partial charge in [-0.05, 0) is 45.8 Å². The Labute approximate surface area is 113 Å². The summed E-state index contributed by atoms with van der Waals surface area (Å²) in [5.41, 5.74) is 0.409. The Kier molecular flexibility index (Phi) is 4.64. The first-order valence-corrected chi connectivity index (χ1v) is 6.01. The number of ether oxygens (including phenoxy) is 2. The predicted molar refractivity (Wildman–Crippen MR) is 71.8 cm³/mol. The number of hydrogen-bond donors (Lipinski definition) is 0. The van der Waals surface area contributed by atoms with Crippen molar-refractivity contribution >= 4 is 17.7 Å². The third-order valence-corrected chi connectivity index (χ3v) is 2.32. The van der Waals surface area contributed by atoms with E-state index in [9.17, 15) is 9.59 Å². The molecule has 0 aromatic carbocycles. The van der Waals surface area contributed by atoms with Crippen molar-refractivity contribution in [3.63, 3.8) is 0 Å². The Bertz CT molecular complexity index is 478. The van der Waals surface area contributed by atoms with Crippen LogP contribution in [0.25, 0.3) is 0 Å². The molecule has 0 aliphatic carbocycles. The molecule has 104 valence electrons. The van der Waals surface area contributed by atoms with Crippen molar-refractivity contribution in [3.8, 4) is 0 Å². The molecular weight excluding hydrogens is 246 g/mol. The Balaban J connectivity index is 3.07. The maximum absolute atomic E-state index is 12.0. The predicted octanol–water partition coefficient (Wildman–Crippen LogP) is 2.18. The smallest absolute Gasteiger partial charge is 0.357 e. The highest BCUT2D eigenvalue weighted by Crippen LogP contribution is 2.17. The molecule has 1 rings (SSSR count). The monoisotopic (exact) mass is 265 g/mol. The van der Waals surface area contributed by atoms with Crippen molar-refractivity contribution in [2.75, 3.05) is 7.11 Å². The van der Waals surface area contributed by atoms with Gasteiger partial charge in [-0.1, -0.05) is 6.08 Å². The topological polar surface area (TPSA) is 65.0 Å². The molecule has 0 spiro atoms. The first-order chi connectivity index (χ1) is 8.74. The minimum atomic E-state index is -0.607. The molecule has 0 bridgehead atoms. The molecule has 5 heteroatoms. The highest BCUT2D eigenvalue weighted by Gasteiger charge is 2.23. The number of carbonyl (C=O) groups excluding carboxylic acids is 2. The molecule has 0 fully saturated rings. The van der Waals surface area contributed by atoms with Crippen LogP contribution in [0.5, 0.6) is 0 Å². The molecule has 0 radical (unpaired) electrons. The molecule has 0 aromatic rings. The van der Waals surface area contributed by atoms with Crippen molar-refractivity contribution in [1.29, 1.82) is 0 Å². The van der Waals surface area contributed by atoms with E-state index in [1.807, 2.05) is 0 Å². The van der Waals surface area contributed by atoms with Gasteiger partial charge in [0.1, 0.15) is 17.0 Å². The van der Waals surface area contributed by atoms with Crippen LogP contribution in [-0.2, 0) is 19.1 Å². The van der Waals surface area contributed by atoms with Gasteiger partial charge in [0.05, 0.1) is 7.11 Å². The second-order valence-corrected chi connectivity index (χ2v) is 5.23. The second kappa shape index (κ2) is 5.82. The summed E-state index contributed by atoms with van der Waals surface area (Å²) in [6, 6.07) is 0. The van der Waals surface area contributed by atoms with Crippen molar-refractivity contribution in [3.05, 3.63) is 23.4 Å². The van der Waals surface area contributed by atoms with Gasteiger partial charge in [0, 0.05) is 0 Å². The highest BCUT2D eigenvalue weighted by molar-refractivity contribution is 6.41. The van der Waals surface area contributed by atoms with E-state index in [0.717, 1.165) is 5.57 Å². The van der Waals surface area contributed by atoms with E-state index in [0.29, 0.717) is 6.42 Å². The van der Waals surface area contributed by atoms with Crippen LogP contribution in [0.2, 0.25) is 0 Å². The Hall–Kier alpha value is -1.91. The largest absolute Gasteiger partial charge is 0.464 e. The van der Waals surface area contributed by atoms with E-state index in [4.69, 9.17) is 4.74 Å². The van der Waals surface area contributed by atoms with Crippen LogP contribution in [0.15, 0.2) is 28.4 Å². The lowest BCUT2D eigenvalue weighted by atomic mass is 10.1. The SMILES string of the molecule is COC(=O)C1=C(C)CC=CC(C(=O)OC(C)(C)C)=N1. The zero-order chi connectivity index (χ0) is 14.6. The first kappa shape index (κ1) is 15.1. The van der Waals surface area contributed by atoms with Gasteiger partial charge in [-0.25, -0.2) is 14.6 Å². The minimum Gasteiger partial charge on any atom is -0.464 e. The maximum atomic E-state index is 12.0. The molecule has 19 heavy (non-hydrogen) atoms. The van der Waals surface area contributed by atoms with Crippen LogP contribution in [0, 0.1) is 0 Å². The summed E-state index contributed by atoms with van der Waals surface area (Å²) in [5.74, 6) is -1.11. The van der Waals surface area contributed by atoms with Gasteiger partial charge in [0.2, 0.25) is 0 Å². The Morgan fingerprint density at radius 2 is 1.89 bits per heavy atom. The summed E-state index contributed by atoms with van der Waals surface area (Å²) in [4.78, 5) is 27.6. The van der Waals surface area contributed by atoms with E-state index in [1.54, 1.807) is 39.8 Å². The van der Waals surface area contributed by atoms with E-state index < -0.39 is 17.5 Å². The van der Waals surface area contributed by atoms with Crippen molar-refractivity contribution in [2.24, 2.45) is 4.99 Å². The third kappa shape index (κ3) is 4.35. The second-order valence-electron chi connectivity index (χ2n) is 5.23. The first-order valence-electron chi connectivity index (χ1n) is 6.01. The van der Waals surface area contributed by atoms with E-state index in [-0.39, 0.29) is 11.4 Å². The molecule has 0 atom stereocenters. The van der Waals surface area contributed by atoms with Crippen LogP contribution in [0.3, 0.4) is 0 Å². The van der Waals surface area contributed by atoms with E-state index in [2.05, 4.69) is 9.73 Å². The van der Waals surface area contributed by atoms with Gasteiger partial charge in [0.25, 0.3) is 0 Å². The van der Waals surface area contributed by atoms with Gasteiger partial charge in [-0.2, -0.15) is 0 Å². The molecule has 0 saturated carbocycles. The van der Waals surface area contributed by atoms with Crippen molar-refractivity contribution < 1.29 is 19.1 Å². The summed E-state index contributed by atoms with van der Waals surface area (Å²) in [7, 11) is 1.28. The molecule has 5 nitrogen and oxygen atoms in total. The van der Waals surface area contributed by atoms with Gasteiger partial charge in [-0.3, -0.25) is 0 Å². The summed E-state index contributed by atoms with van der Waals surface area (Å²) in [6.07, 6.45) is 3.88. The van der Waals surface area contributed by atoms with Crippen LogP contribution in [-0.4, -0.2) is 30.4 Å². The van der Waals surface area contributed by atoms with Gasteiger partial charge < -0.3 is 9.47 Å². The number of aliphatic imine (C=N–C) groups is 1. The Morgan fingerprint density at radius 1 is 1.26 bits per heavy atom. The fraction of sp³-hybridized carbons (Fsp3) is 0.500. The van der Waals surface area contributed by atoms with Gasteiger partial charge >= 0.3 is 11.9 Å². The van der Waals surface area contributed by atoms with E-state index in [1.165, 1.54) is 7.11 Å². The average molecular weight is 265 g/mol. The number of esters is 2. The van der Waals surface area contributed by atoms with Crippen LogP contribution in [0.4, 0.5) is 0 Å². The maximum Gasteiger partial charge on any atom is 0.357 e. The zero-order valence-electron chi connectivity index (χ0n) is 11.9. The fourth-order valence-corrected chi connectivity index (χ4v) is 1.46. The highest BCUT2D eigenvalue weighted by atomic mass is 16.6. The van der Waals surface area contributed by atoms with Crippen molar-refractivity contribution in [1.82, 2.24) is 0 Å². The average Bonchev–Trinajstić information content (AvgIpc) is 2.48. The molecular formula is C14H19NO4. The quantitative estimate of drug-likeness (QED) is 0.718. The zero-order valence-corrected chi connectivity index (χ0v) is 11.9. The Morgan fingerprint density at radius 3 is 2.42 bits per heavy atom. The van der Waals surface area contributed by atoms with Gasteiger partial charge in [0.15, 0.2) is 0 Å². The number of carbonyl (C=O) groups is 2. The fourth-order valence-electron chi connectivity index (χ4n) is 1.46. The summed E-state index contributed by atoms with van der Waals surface area (Å²) >= 11 is 0. The molecule has 0 amide bonds. The number of allylic oxidation sites excluding steroid dienone is 2. The number of methoxy groups -OCH3 is 1. The van der Waals surface area contributed by atoms with Crippen LogP contribution < -0.4 is 0 Å². The molecule has 0 aromatic heterocycles. The lowest BCUT2D eigenvalue weighted by molar-refractivity contribution is -0.146. The summed E-state index contributed by atoms with van der Waals surface area (Å²) in [5, 5.41) is 0. The van der Waals surface area contributed by atoms with Crippen LogP contribution >= 0.6 is 0 Å². The third-order valence-electron chi connectivity index (χ3n) is 2.32. The standard InChI is InChI=1S/C14H19NO4/c1-9-7-6-8-10(12(16)19-14(2,3)4)15-11(9)13(17)18-5/h6,8H,7H2,1-5H3. The molecule has 0 N–H and O–H groups in total. The molecule has 1 aliphatic heterocycles.